The molecule has 0 aliphatic carbocycles. The molecule has 0 fully saturated rings. The molecule has 4 rings (SSSR count). The van der Waals surface area contributed by atoms with Gasteiger partial charge < -0.3 is 14.8 Å². The number of carbonyl (C=O) groups excluding carboxylic acids is 1. The minimum atomic E-state index is -0.233. The molecule has 1 aromatic heterocycles. The second kappa shape index (κ2) is 9.33. The van der Waals surface area contributed by atoms with Crippen LogP contribution in [0.1, 0.15) is 15.9 Å². The van der Waals surface area contributed by atoms with Crippen molar-refractivity contribution in [3.63, 3.8) is 0 Å². The summed E-state index contributed by atoms with van der Waals surface area (Å²) in [6.45, 7) is 0.757. The third-order valence-corrected chi connectivity index (χ3v) is 5.91. The number of hydrogen-bond donors (Lipinski definition) is 1. The van der Waals surface area contributed by atoms with Crippen LogP contribution < -0.4 is 14.8 Å². The van der Waals surface area contributed by atoms with E-state index in [-0.39, 0.29) is 12.0 Å². The molecule has 1 aliphatic rings. The van der Waals surface area contributed by atoms with Gasteiger partial charge in [0.15, 0.2) is 11.5 Å². The number of thioether (sulfide) groups is 1. The maximum Gasteiger partial charge on any atom is 0.254 e. The molecule has 5 nitrogen and oxygen atoms in total. The summed E-state index contributed by atoms with van der Waals surface area (Å²) in [5, 5.41) is 3.65. The van der Waals surface area contributed by atoms with E-state index in [1.54, 1.807) is 30.1 Å². The zero-order valence-electron chi connectivity index (χ0n) is 15.5. The molecule has 1 atom stereocenters. The minimum Gasteiger partial charge on any atom is -0.486 e. The summed E-state index contributed by atoms with van der Waals surface area (Å²) >= 11 is 5.02. The van der Waals surface area contributed by atoms with E-state index < -0.39 is 0 Å². The molecule has 1 unspecified atom stereocenters. The van der Waals surface area contributed by atoms with E-state index in [1.807, 2.05) is 36.4 Å². The molecule has 7 heteroatoms. The largest absolute Gasteiger partial charge is 0.486 e. The van der Waals surface area contributed by atoms with Crippen molar-refractivity contribution in [1.82, 2.24) is 10.3 Å². The fourth-order valence-corrected chi connectivity index (χ4v) is 4.30. The van der Waals surface area contributed by atoms with Gasteiger partial charge in [-0.2, -0.15) is 0 Å². The van der Waals surface area contributed by atoms with E-state index >= 15 is 0 Å². The normalized spacial score (nSPS) is 15.0. The predicted octanol–water partition coefficient (Wildman–Crippen LogP) is 4.71. The zero-order valence-corrected chi connectivity index (χ0v) is 17.9. The van der Waals surface area contributed by atoms with Crippen molar-refractivity contribution in [2.45, 2.75) is 16.9 Å². The Labute approximate surface area is 182 Å². The average molecular weight is 471 g/mol. The number of hydrogen-bond acceptors (Lipinski definition) is 5. The molecular weight excluding hydrogens is 452 g/mol. The first-order chi connectivity index (χ1) is 14.2. The quantitative estimate of drug-likeness (QED) is 0.528. The van der Waals surface area contributed by atoms with Crippen molar-refractivity contribution >= 4 is 33.6 Å². The van der Waals surface area contributed by atoms with Crippen LogP contribution in [0.2, 0.25) is 0 Å². The fourth-order valence-electron chi connectivity index (χ4n) is 2.92. The van der Waals surface area contributed by atoms with Crippen LogP contribution in [0, 0.1) is 0 Å². The molecule has 0 saturated carbocycles. The Balaban J connectivity index is 1.36. The van der Waals surface area contributed by atoms with Crippen LogP contribution >= 0.6 is 27.7 Å². The van der Waals surface area contributed by atoms with Gasteiger partial charge in [-0.3, -0.25) is 4.79 Å². The lowest BCUT2D eigenvalue weighted by Gasteiger charge is -2.26. The van der Waals surface area contributed by atoms with Crippen molar-refractivity contribution in [3.8, 4) is 11.5 Å². The monoisotopic (exact) mass is 470 g/mol. The first-order valence-corrected chi connectivity index (χ1v) is 11.0. The number of amides is 1. The number of carbonyl (C=O) groups is 1. The smallest absolute Gasteiger partial charge is 0.254 e. The van der Waals surface area contributed by atoms with Crippen LogP contribution in [-0.4, -0.2) is 30.1 Å². The predicted molar refractivity (Wildman–Crippen MR) is 117 cm³/mol. The Bertz CT molecular complexity index is 1010. The summed E-state index contributed by atoms with van der Waals surface area (Å²) in [6, 6.07) is 19.2. The second-order valence-corrected chi connectivity index (χ2v) is 8.36. The summed E-state index contributed by atoms with van der Waals surface area (Å²) in [5.74, 6) is 1.99. The van der Waals surface area contributed by atoms with Gasteiger partial charge in [-0.05, 0) is 42.0 Å². The molecule has 2 heterocycles. The molecule has 0 spiro atoms. The molecule has 0 saturated heterocycles. The summed E-state index contributed by atoms with van der Waals surface area (Å²) in [6.07, 6.45) is 1.47. The fraction of sp³-hybridized carbons (Fsp3) is 0.182. The van der Waals surface area contributed by atoms with Crippen LogP contribution in [0.25, 0.3) is 0 Å². The summed E-state index contributed by atoms with van der Waals surface area (Å²) in [4.78, 5) is 17.1. The van der Waals surface area contributed by atoms with Crippen molar-refractivity contribution in [3.05, 3.63) is 82.5 Å². The molecule has 1 N–H and O–H groups in total. The molecule has 0 radical (unpaired) electrons. The Morgan fingerprint density at radius 1 is 1.14 bits per heavy atom. The number of nitrogens with zero attached hydrogens (tertiary/aromatic N) is 1. The molecule has 2 aromatic carbocycles. The lowest BCUT2D eigenvalue weighted by Crippen LogP contribution is -2.40. The highest BCUT2D eigenvalue weighted by Crippen LogP contribution is 2.31. The maximum atomic E-state index is 12.8. The summed E-state index contributed by atoms with van der Waals surface area (Å²) in [5.41, 5.74) is 1.72. The number of pyridine rings is 1. The van der Waals surface area contributed by atoms with Crippen LogP contribution in [0.4, 0.5) is 0 Å². The number of benzene rings is 2. The van der Waals surface area contributed by atoms with Gasteiger partial charge in [-0.1, -0.05) is 40.2 Å². The first-order valence-electron chi connectivity index (χ1n) is 9.18. The van der Waals surface area contributed by atoms with E-state index in [2.05, 4.69) is 38.4 Å². The van der Waals surface area contributed by atoms with Gasteiger partial charge in [0, 0.05) is 16.4 Å². The highest BCUT2D eigenvalue weighted by molar-refractivity contribution is 9.10. The summed E-state index contributed by atoms with van der Waals surface area (Å²) in [7, 11) is 0. The van der Waals surface area contributed by atoms with Gasteiger partial charge in [0.1, 0.15) is 17.7 Å². The Morgan fingerprint density at radius 3 is 2.86 bits per heavy atom. The van der Waals surface area contributed by atoms with Crippen LogP contribution in [-0.2, 0) is 5.75 Å². The van der Waals surface area contributed by atoms with Gasteiger partial charge in [-0.25, -0.2) is 4.98 Å². The van der Waals surface area contributed by atoms with Gasteiger partial charge in [0.2, 0.25) is 0 Å². The van der Waals surface area contributed by atoms with E-state index in [0.29, 0.717) is 29.5 Å². The third-order valence-electron chi connectivity index (χ3n) is 4.34. The zero-order chi connectivity index (χ0) is 20.1. The van der Waals surface area contributed by atoms with Crippen molar-refractivity contribution in [2.75, 3.05) is 13.2 Å². The van der Waals surface area contributed by atoms with Crippen molar-refractivity contribution in [2.24, 2.45) is 0 Å². The van der Waals surface area contributed by atoms with Gasteiger partial charge in [0.05, 0.1) is 12.1 Å². The van der Waals surface area contributed by atoms with Crippen molar-refractivity contribution in [1.29, 1.82) is 0 Å². The van der Waals surface area contributed by atoms with Gasteiger partial charge in [0.25, 0.3) is 5.91 Å². The number of nitrogens with one attached hydrogen (secondary N) is 1. The molecular formula is C22H19BrN2O3S. The molecule has 1 aliphatic heterocycles. The molecule has 1 amide bonds. The highest BCUT2D eigenvalue weighted by Gasteiger charge is 2.22. The van der Waals surface area contributed by atoms with E-state index in [1.165, 1.54) is 0 Å². The molecule has 29 heavy (non-hydrogen) atoms. The van der Waals surface area contributed by atoms with Gasteiger partial charge in [-0.15, -0.1) is 11.8 Å². The number of aromatic nitrogens is 1. The maximum absolute atomic E-state index is 12.8. The lowest BCUT2D eigenvalue weighted by atomic mass is 10.2. The number of ether oxygens (including phenoxy) is 2. The Kier molecular flexibility index (Phi) is 6.36. The lowest BCUT2D eigenvalue weighted by molar-refractivity contribution is 0.0787. The van der Waals surface area contributed by atoms with Crippen molar-refractivity contribution < 1.29 is 14.3 Å². The minimum absolute atomic E-state index is 0.169. The molecule has 0 bridgehead atoms. The highest BCUT2D eigenvalue weighted by atomic mass is 79.9. The summed E-state index contributed by atoms with van der Waals surface area (Å²) < 4.78 is 12.6. The number of fused-ring (bicyclic) bond motifs is 1. The van der Waals surface area contributed by atoms with Gasteiger partial charge >= 0.3 is 0 Å². The van der Waals surface area contributed by atoms with Crippen LogP contribution in [0.15, 0.2) is 76.4 Å². The van der Waals surface area contributed by atoms with Crippen LogP contribution in [0.5, 0.6) is 11.5 Å². The van der Waals surface area contributed by atoms with Crippen LogP contribution in [0.3, 0.4) is 0 Å². The third kappa shape index (κ3) is 5.10. The number of rotatable bonds is 6. The SMILES string of the molecule is O=C(NCC1COc2ccccc2O1)c1cccnc1SCc1cccc(Br)c1. The molecule has 3 aromatic rings. The Hall–Kier alpha value is -2.51. The average Bonchev–Trinajstić information content (AvgIpc) is 2.76. The topological polar surface area (TPSA) is 60.5 Å². The molecule has 148 valence electrons. The second-order valence-electron chi connectivity index (χ2n) is 6.48. The van der Waals surface area contributed by atoms with E-state index in [9.17, 15) is 4.79 Å². The number of halogens is 1. The van der Waals surface area contributed by atoms with E-state index in [4.69, 9.17) is 9.47 Å². The first kappa shape index (κ1) is 19.8. The Morgan fingerprint density at radius 2 is 2.00 bits per heavy atom. The number of para-hydroxylation sites is 2. The van der Waals surface area contributed by atoms with E-state index in [0.717, 1.165) is 21.5 Å². The standard InChI is InChI=1S/C22H19BrN2O3S/c23-16-6-3-5-15(11-16)14-29-22-18(7-4-10-24-22)21(26)25-12-17-13-27-19-8-1-2-9-20(19)28-17/h1-11,17H,12-14H2,(H,25,26).